The van der Waals surface area contributed by atoms with Crippen molar-refractivity contribution in [1.29, 1.82) is 5.41 Å². The minimum Gasteiger partial charge on any atom is -0.384 e. The monoisotopic (exact) mass is 215 g/mol. The highest BCUT2D eigenvalue weighted by Gasteiger charge is 2.10. The van der Waals surface area contributed by atoms with Crippen LogP contribution >= 0.6 is 0 Å². The zero-order chi connectivity index (χ0) is 11.9. The van der Waals surface area contributed by atoms with Crippen LogP contribution in [0.25, 0.3) is 10.9 Å². The van der Waals surface area contributed by atoms with Gasteiger partial charge in [-0.15, -0.1) is 0 Å². The van der Waals surface area contributed by atoms with E-state index in [0.717, 1.165) is 12.1 Å². The molecule has 0 saturated heterocycles. The van der Waals surface area contributed by atoms with Crippen molar-refractivity contribution < 1.29 is 0 Å². The average molecular weight is 215 g/mol. The molecule has 0 bridgehead atoms. The fourth-order valence-corrected chi connectivity index (χ4v) is 2.23. The number of nitrogen functional groups attached to an aromatic ring is 1. The number of nitrogens with two attached hydrogens (primary N) is 1. The van der Waals surface area contributed by atoms with Gasteiger partial charge in [-0.2, -0.15) is 0 Å². The lowest BCUT2D eigenvalue weighted by molar-refractivity contribution is 0.766. The predicted octanol–water partition coefficient (Wildman–Crippen LogP) is 2.56. The summed E-state index contributed by atoms with van der Waals surface area (Å²) in [5, 5.41) is 8.72. The second-order valence-corrected chi connectivity index (χ2v) is 4.10. The molecule has 0 aliphatic heterocycles. The second-order valence-electron chi connectivity index (χ2n) is 4.10. The van der Waals surface area contributed by atoms with Gasteiger partial charge in [0.05, 0.1) is 0 Å². The van der Waals surface area contributed by atoms with Gasteiger partial charge in [-0.3, -0.25) is 5.41 Å². The first-order chi connectivity index (χ1) is 7.56. The molecule has 0 spiro atoms. The van der Waals surface area contributed by atoms with Crippen molar-refractivity contribution in [3.63, 3.8) is 0 Å². The van der Waals surface area contributed by atoms with E-state index < -0.39 is 0 Å². The Balaban J connectivity index is 2.81. The molecule has 0 unspecified atom stereocenters. The lowest BCUT2D eigenvalue weighted by atomic mass is 10.1. The number of fused-ring (bicyclic) bond motifs is 1. The number of aryl methyl sites for hydroxylation is 2. The Morgan fingerprint density at radius 2 is 2.06 bits per heavy atom. The largest absolute Gasteiger partial charge is 0.384 e. The lowest BCUT2D eigenvalue weighted by Crippen LogP contribution is -2.10. The molecule has 0 aliphatic carbocycles. The Labute approximate surface area is 95.4 Å². The van der Waals surface area contributed by atoms with E-state index in [2.05, 4.69) is 31.4 Å². The molecule has 3 nitrogen and oxygen atoms in total. The van der Waals surface area contributed by atoms with Crippen molar-refractivity contribution in [2.75, 3.05) is 0 Å². The van der Waals surface area contributed by atoms with Crippen molar-refractivity contribution in [3.05, 3.63) is 35.0 Å². The number of hydrogen-bond acceptors (Lipinski definition) is 1. The third kappa shape index (κ3) is 1.40. The van der Waals surface area contributed by atoms with E-state index >= 15 is 0 Å². The summed E-state index contributed by atoms with van der Waals surface area (Å²) in [5.74, 6) is 0.126. The molecule has 16 heavy (non-hydrogen) atoms. The molecule has 84 valence electrons. The number of benzene rings is 1. The summed E-state index contributed by atoms with van der Waals surface area (Å²) in [7, 11) is 0. The highest BCUT2D eigenvalue weighted by molar-refractivity contribution is 5.99. The van der Waals surface area contributed by atoms with Gasteiger partial charge in [0.2, 0.25) is 0 Å². The Kier molecular flexibility index (Phi) is 2.46. The first-order valence-electron chi connectivity index (χ1n) is 5.50. The Morgan fingerprint density at radius 3 is 2.62 bits per heavy atom. The van der Waals surface area contributed by atoms with Crippen LogP contribution in [0.2, 0.25) is 0 Å². The minimum atomic E-state index is 0.126. The molecule has 1 aromatic carbocycles. The summed E-state index contributed by atoms with van der Waals surface area (Å²) in [6.45, 7) is 7.34. The van der Waals surface area contributed by atoms with Gasteiger partial charge in [-0.05, 0) is 32.4 Å². The number of hydrogen-bond donors (Lipinski definition) is 2. The second kappa shape index (κ2) is 3.67. The smallest absolute Gasteiger partial charge is 0.122 e. The first kappa shape index (κ1) is 10.7. The normalized spacial score (nSPS) is 10.9. The third-order valence-electron chi connectivity index (χ3n) is 3.27. The van der Waals surface area contributed by atoms with E-state index in [1.54, 1.807) is 0 Å². The molecular formula is C13H17N3. The number of nitrogens with one attached hydrogen (secondary N) is 1. The van der Waals surface area contributed by atoms with E-state index in [9.17, 15) is 0 Å². The van der Waals surface area contributed by atoms with Gasteiger partial charge in [0, 0.05) is 28.7 Å². The zero-order valence-electron chi connectivity index (χ0n) is 9.96. The van der Waals surface area contributed by atoms with Gasteiger partial charge < -0.3 is 10.3 Å². The summed E-state index contributed by atoms with van der Waals surface area (Å²) < 4.78 is 2.26. The lowest BCUT2D eigenvalue weighted by Gasteiger charge is -2.05. The fraction of sp³-hybridized carbons (Fsp3) is 0.308. The van der Waals surface area contributed by atoms with Crippen molar-refractivity contribution in [1.82, 2.24) is 4.57 Å². The van der Waals surface area contributed by atoms with Gasteiger partial charge in [0.1, 0.15) is 5.84 Å². The summed E-state index contributed by atoms with van der Waals surface area (Å²) >= 11 is 0. The van der Waals surface area contributed by atoms with Gasteiger partial charge in [0.25, 0.3) is 0 Å². The summed E-state index contributed by atoms with van der Waals surface area (Å²) in [6.07, 6.45) is 0. The Hall–Kier alpha value is -1.77. The molecule has 2 aromatic rings. The molecule has 3 heteroatoms. The zero-order valence-corrected chi connectivity index (χ0v) is 9.96. The quantitative estimate of drug-likeness (QED) is 0.587. The standard InChI is InChI=1S/C13H17N3/c1-4-16-9(3)8(2)11-6-5-10(13(14)15)7-12(11)16/h5-7H,4H2,1-3H3,(H3,14,15). The molecule has 0 radical (unpaired) electrons. The number of amidine groups is 1. The molecule has 0 saturated carbocycles. The van der Waals surface area contributed by atoms with Crippen LogP contribution in [0.1, 0.15) is 23.7 Å². The summed E-state index contributed by atoms with van der Waals surface area (Å²) in [6, 6.07) is 5.97. The third-order valence-corrected chi connectivity index (χ3v) is 3.27. The van der Waals surface area contributed by atoms with Gasteiger partial charge >= 0.3 is 0 Å². The van der Waals surface area contributed by atoms with Gasteiger partial charge in [-0.25, -0.2) is 0 Å². The summed E-state index contributed by atoms with van der Waals surface area (Å²) in [4.78, 5) is 0. The van der Waals surface area contributed by atoms with Crippen LogP contribution in [0.4, 0.5) is 0 Å². The minimum absolute atomic E-state index is 0.126. The van der Waals surface area contributed by atoms with E-state index in [1.807, 2.05) is 12.1 Å². The molecule has 1 heterocycles. The Morgan fingerprint density at radius 1 is 1.38 bits per heavy atom. The van der Waals surface area contributed by atoms with Crippen LogP contribution in [0, 0.1) is 19.3 Å². The maximum Gasteiger partial charge on any atom is 0.122 e. The number of rotatable bonds is 2. The highest BCUT2D eigenvalue weighted by atomic mass is 15.0. The van der Waals surface area contributed by atoms with Crippen LogP contribution in [-0.4, -0.2) is 10.4 Å². The average Bonchev–Trinajstić information content (AvgIpc) is 2.51. The number of aromatic nitrogens is 1. The van der Waals surface area contributed by atoms with Crippen LogP contribution in [-0.2, 0) is 6.54 Å². The maximum absolute atomic E-state index is 7.47. The molecule has 3 N–H and O–H groups in total. The molecule has 0 aliphatic rings. The van der Waals surface area contributed by atoms with Crippen LogP contribution in [0.3, 0.4) is 0 Å². The van der Waals surface area contributed by atoms with Crippen molar-refractivity contribution >= 4 is 16.7 Å². The fourth-order valence-electron chi connectivity index (χ4n) is 2.23. The van der Waals surface area contributed by atoms with E-state index in [1.165, 1.54) is 22.2 Å². The Bertz CT molecular complexity index is 564. The topological polar surface area (TPSA) is 54.8 Å². The molecule has 0 fully saturated rings. The molecule has 0 atom stereocenters. The van der Waals surface area contributed by atoms with Crippen molar-refractivity contribution in [3.8, 4) is 0 Å². The van der Waals surface area contributed by atoms with Crippen LogP contribution in [0.5, 0.6) is 0 Å². The van der Waals surface area contributed by atoms with Gasteiger partial charge in [0.15, 0.2) is 0 Å². The summed E-state index contributed by atoms with van der Waals surface area (Å²) in [5.41, 5.74) is 10.1. The van der Waals surface area contributed by atoms with Crippen molar-refractivity contribution in [2.24, 2.45) is 5.73 Å². The highest BCUT2D eigenvalue weighted by Crippen LogP contribution is 2.25. The van der Waals surface area contributed by atoms with E-state index in [4.69, 9.17) is 11.1 Å². The first-order valence-corrected chi connectivity index (χ1v) is 5.50. The predicted molar refractivity (Wildman–Crippen MR) is 68.1 cm³/mol. The molecule has 1 aromatic heterocycles. The van der Waals surface area contributed by atoms with Crippen LogP contribution in [0.15, 0.2) is 18.2 Å². The van der Waals surface area contributed by atoms with Crippen molar-refractivity contribution in [2.45, 2.75) is 27.3 Å². The molecular weight excluding hydrogens is 198 g/mol. The molecule has 2 rings (SSSR count). The van der Waals surface area contributed by atoms with E-state index in [-0.39, 0.29) is 5.84 Å². The molecule has 0 amide bonds. The van der Waals surface area contributed by atoms with E-state index in [0.29, 0.717) is 0 Å². The van der Waals surface area contributed by atoms with Gasteiger partial charge in [-0.1, -0.05) is 12.1 Å². The maximum atomic E-state index is 7.47. The number of nitrogens with zero attached hydrogens (tertiary/aromatic N) is 1. The van der Waals surface area contributed by atoms with Crippen LogP contribution < -0.4 is 5.73 Å². The SMILES string of the molecule is CCn1c(C)c(C)c2ccc(C(=N)N)cc21.